The van der Waals surface area contributed by atoms with Gasteiger partial charge in [-0.15, -0.1) is 0 Å². The first kappa shape index (κ1) is 27.2. The molecule has 0 fully saturated rings. The Labute approximate surface area is 268 Å². The Kier molecular flexibility index (Phi) is 6.31. The topological polar surface area (TPSA) is 0 Å². The van der Waals surface area contributed by atoms with Crippen LogP contribution in [-0.4, -0.2) is 0 Å². The molecule has 0 bridgehead atoms. The first-order chi connectivity index (χ1) is 22.0. The lowest BCUT2D eigenvalue weighted by Crippen LogP contribution is -2.30. The van der Waals surface area contributed by atoms with Gasteiger partial charge in [-0.1, -0.05) is 117 Å². The predicted octanol–water partition coefficient (Wildman–Crippen LogP) is 9.96. The highest BCUT2D eigenvalue weighted by atomic mass is 14.4. The molecule has 45 heavy (non-hydrogen) atoms. The van der Waals surface area contributed by atoms with Crippen molar-refractivity contribution < 1.29 is 0 Å². The molecule has 0 aliphatic heterocycles. The second kappa shape index (κ2) is 10.4. The third-order valence-electron chi connectivity index (χ3n) is 11.8. The van der Waals surface area contributed by atoms with Gasteiger partial charge in [-0.2, -0.15) is 0 Å². The number of benzene rings is 3. The maximum atomic E-state index is 2.56. The monoisotopic (exact) mass is 582 g/mol. The number of fused-ring (bicyclic) bond motifs is 5. The van der Waals surface area contributed by atoms with Crippen LogP contribution in [-0.2, 0) is 11.8 Å². The van der Waals surface area contributed by atoms with Gasteiger partial charge in [0.05, 0.1) is 0 Å². The summed E-state index contributed by atoms with van der Waals surface area (Å²) in [6.45, 7) is 4.82. The minimum Gasteiger partial charge on any atom is -0.0763 e. The second-order valence-electron chi connectivity index (χ2n) is 14.6. The third kappa shape index (κ3) is 4.48. The normalized spacial score (nSPS) is 22.8. The third-order valence-corrected chi connectivity index (χ3v) is 11.8. The Morgan fingerprint density at radius 3 is 2.47 bits per heavy atom. The summed E-state index contributed by atoms with van der Waals surface area (Å²) in [5.74, 6) is 0.652. The van der Waals surface area contributed by atoms with Crippen molar-refractivity contribution in [2.45, 2.75) is 77.0 Å². The Morgan fingerprint density at radius 2 is 1.51 bits per heavy atom. The zero-order valence-electron chi connectivity index (χ0n) is 26.8. The quantitative estimate of drug-likeness (QED) is 0.288. The van der Waals surface area contributed by atoms with Crippen molar-refractivity contribution in [2.75, 3.05) is 0 Å². The number of rotatable bonds is 3. The Bertz CT molecular complexity index is 2090. The number of hydrogen-bond acceptors (Lipinski definition) is 0. The molecule has 222 valence electrons. The predicted molar refractivity (Wildman–Crippen MR) is 191 cm³/mol. The summed E-state index contributed by atoms with van der Waals surface area (Å²) >= 11 is 0. The molecule has 1 atom stereocenters. The van der Waals surface area contributed by atoms with Gasteiger partial charge in [-0.3, -0.25) is 0 Å². The van der Waals surface area contributed by atoms with E-state index in [1.807, 2.05) is 0 Å². The van der Waals surface area contributed by atoms with Crippen LogP contribution < -0.4 is 10.4 Å². The number of hydrogen-bond donors (Lipinski definition) is 0. The lowest BCUT2D eigenvalue weighted by atomic mass is 9.74. The molecule has 6 aliphatic rings. The molecule has 0 N–H and O–H groups in total. The minimum atomic E-state index is 0.0936. The van der Waals surface area contributed by atoms with Crippen LogP contribution in [0.15, 0.2) is 119 Å². The lowest BCUT2D eigenvalue weighted by Gasteiger charge is -2.30. The summed E-state index contributed by atoms with van der Waals surface area (Å²) in [5.41, 5.74) is 19.9. The maximum Gasteiger partial charge on any atom is 0.0155 e. The van der Waals surface area contributed by atoms with E-state index in [1.54, 1.807) is 33.4 Å². The SMILES string of the molecule is CC1(C)C2=C(CCC(C3=Cc4ccc(C5=CC6=CC=C(C7=c8ccccc8=CCC7)CC6CC5)cc4CC3)=C2)c2ccccc21. The Hall–Kier alpha value is -4.16. The van der Waals surface area contributed by atoms with E-state index in [2.05, 4.69) is 117 Å². The average molecular weight is 583 g/mol. The number of allylic oxidation sites excluding steroid dienone is 11. The summed E-state index contributed by atoms with van der Waals surface area (Å²) in [6.07, 6.45) is 25.5. The molecule has 0 spiro atoms. The van der Waals surface area contributed by atoms with Crippen LogP contribution in [0.4, 0.5) is 0 Å². The molecule has 0 saturated heterocycles. The molecule has 0 radical (unpaired) electrons. The van der Waals surface area contributed by atoms with Gasteiger partial charge in [0.1, 0.15) is 0 Å². The van der Waals surface area contributed by atoms with E-state index in [9.17, 15) is 0 Å². The van der Waals surface area contributed by atoms with E-state index in [0.29, 0.717) is 5.92 Å². The van der Waals surface area contributed by atoms with Gasteiger partial charge < -0.3 is 0 Å². The van der Waals surface area contributed by atoms with Gasteiger partial charge in [-0.25, -0.2) is 0 Å². The highest BCUT2D eigenvalue weighted by Crippen LogP contribution is 2.52. The molecular weight excluding hydrogens is 540 g/mol. The molecule has 0 heterocycles. The van der Waals surface area contributed by atoms with Crippen molar-refractivity contribution in [3.8, 4) is 0 Å². The molecule has 0 aromatic heterocycles. The zero-order chi connectivity index (χ0) is 30.1. The van der Waals surface area contributed by atoms with Crippen molar-refractivity contribution >= 4 is 28.9 Å². The molecule has 3 aromatic rings. The first-order valence-corrected chi connectivity index (χ1v) is 17.3. The zero-order valence-corrected chi connectivity index (χ0v) is 26.8. The largest absolute Gasteiger partial charge is 0.0763 e. The fourth-order valence-corrected chi connectivity index (χ4v) is 9.26. The van der Waals surface area contributed by atoms with Gasteiger partial charge in [0.2, 0.25) is 0 Å². The smallest absolute Gasteiger partial charge is 0.0155 e. The first-order valence-electron chi connectivity index (χ1n) is 17.3. The van der Waals surface area contributed by atoms with Crippen LogP contribution in [0.3, 0.4) is 0 Å². The van der Waals surface area contributed by atoms with Crippen LogP contribution in [0.5, 0.6) is 0 Å². The lowest BCUT2D eigenvalue weighted by molar-refractivity contribution is 0.562. The van der Waals surface area contributed by atoms with Crippen molar-refractivity contribution in [3.05, 3.63) is 157 Å². The van der Waals surface area contributed by atoms with Gasteiger partial charge in [0, 0.05) is 5.41 Å². The van der Waals surface area contributed by atoms with Crippen molar-refractivity contribution in [2.24, 2.45) is 5.92 Å². The molecule has 6 aliphatic carbocycles. The molecule has 0 saturated carbocycles. The summed E-state index contributed by atoms with van der Waals surface area (Å²) in [7, 11) is 0. The van der Waals surface area contributed by atoms with Crippen LogP contribution in [0.25, 0.3) is 28.9 Å². The molecule has 0 nitrogen and oxygen atoms in total. The van der Waals surface area contributed by atoms with E-state index < -0.39 is 0 Å². The average Bonchev–Trinajstić information content (AvgIpc) is 3.32. The van der Waals surface area contributed by atoms with E-state index in [-0.39, 0.29) is 5.41 Å². The molecule has 0 amide bonds. The fourth-order valence-electron chi connectivity index (χ4n) is 9.26. The summed E-state index contributed by atoms with van der Waals surface area (Å²) in [6, 6.07) is 25.4. The minimum absolute atomic E-state index is 0.0936. The summed E-state index contributed by atoms with van der Waals surface area (Å²) in [4.78, 5) is 0. The van der Waals surface area contributed by atoms with E-state index >= 15 is 0 Å². The van der Waals surface area contributed by atoms with Crippen molar-refractivity contribution in [3.63, 3.8) is 0 Å². The summed E-state index contributed by atoms with van der Waals surface area (Å²) < 4.78 is 0. The van der Waals surface area contributed by atoms with Crippen LogP contribution >= 0.6 is 0 Å². The molecule has 9 rings (SSSR count). The van der Waals surface area contributed by atoms with E-state index in [1.165, 1.54) is 75.1 Å². The number of aryl methyl sites for hydroxylation is 1. The van der Waals surface area contributed by atoms with Crippen molar-refractivity contribution in [1.29, 1.82) is 0 Å². The maximum absolute atomic E-state index is 2.56. The molecule has 0 heteroatoms. The Balaban J connectivity index is 0.982. The van der Waals surface area contributed by atoms with Crippen molar-refractivity contribution in [1.82, 2.24) is 0 Å². The van der Waals surface area contributed by atoms with E-state index in [4.69, 9.17) is 0 Å². The van der Waals surface area contributed by atoms with E-state index in [0.717, 1.165) is 32.1 Å². The van der Waals surface area contributed by atoms with Gasteiger partial charge >= 0.3 is 0 Å². The van der Waals surface area contributed by atoms with Crippen LogP contribution in [0.2, 0.25) is 0 Å². The van der Waals surface area contributed by atoms with Crippen LogP contribution in [0, 0.1) is 5.92 Å². The highest BCUT2D eigenvalue weighted by Gasteiger charge is 2.38. The standard InChI is InChI=1S/C45H42/c1-45(2)43-13-6-5-11-41(43)42-23-22-37(28-44(42)45)35-18-16-31-24-30(14-15-33(31)26-35)32-17-19-36-27-38(21-20-34(36)25-32)40-12-7-9-29-8-3-4-10-39(29)40/h3-6,8-11,13-15,20-21,24-26,28,36H,7,12,16-19,22-23,27H2,1-2H3. The molecule has 3 aromatic carbocycles. The Morgan fingerprint density at radius 1 is 0.667 bits per heavy atom. The second-order valence-corrected chi connectivity index (χ2v) is 14.6. The summed E-state index contributed by atoms with van der Waals surface area (Å²) in [5, 5.41) is 2.88. The van der Waals surface area contributed by atoms with Crippen LogP contribution in [0.1, 0.15) is 93.0 Å². The van der Waals surface area contributed by atoms with Gasteiger partial charge in [0.15, 0.2) is 0 Å². The van der Waals surface area contributed by atoms with Gasteiger partial charge in [0.25, 0.3) is 0 Å². The fraction of sp³-hybridized carbons (Fsp3) is 0.289. The molecule has 1 unspecified atom stereocenters. The van der Waals surface area contributed by atoms with Gasteiger partial charge in [-0.05, 0) is 147 Å². The molecular formula is C45H42. The highest BCUT2D eigenvalue weighted by molar-refractivity contribution is 5.84.